The van der Waals surface area contributed by atoms with Crippen LogP contribution < -0.4 is 9.47 Å². The van der Waals surface area contributed by atoms with Gasteiger partial charge in [0, 0.05) is 33.0 Å². The molecule has 4 nitrogen and oxygen atoms in total. The summed E-state index contributed by atoms with van der Waals surface area (Å²) in [6.45, 7) is 0. The minimum atomic E-state index is 0.102. The highest BCUT2D eigenvalue weighted by molar-refractivity contribution is 9.10. The van der Waals surface area contributed by atoms with Crippen molar-refractivity contribution in [2.45, 2.75) is 11.2 Å². The van der Waals surface area contributed by atoms with E-state index in [9.17, 15) is 0 Å². The zero-order chi connectivity index (χ0) is 14.5. The number of aromatic nitrogens is 2. The lowest BCUT2D eigenvalue weighted by molar-refractivity contribution is 0.395. The molecule has 1 unspecified atom stereocenters. The molecule has 20 heavy (non-hydrogen) atoms. The van der Waals surface area contributed by atoms with Crippen LogP contribution >= 0.6 is 31.9 Å². The molecule has 0 bridgehead atoms. The smallest absolute Gasteiger partial charge is 0.216 e. The Kier molecular flexibility index (Phi) is 5.37. The predicted octanol–water partition coefficient (Wildman–Crippen LogP) is 3.94. The molecule has 0 fully saturated rings. The van der Waals surface area contributed by atoms with E-state index < -0.39 is 0 Å². The van der Waals surface area contributed by atoms with Gasteiger partial charge >= 0.3 is 0 Å². The quantitative estimate of drug-likeness (QED) is 0.712. The lowest BCUT2D eigenvalue weighted by atomic mass is 10.1. The molecule has 0 aliphatic carbocycles. The molecule has 1 atom stereocenters. The number of rotatable bonds is 5. The van der Waals surface area contributed by atoms with Crippen molar-refractivity contribution in [3.63, 3.8) is 0 Å². The number of methoxy groups -OCH3 is 2. The fourth-order valence-electron chi connectivity index (χ4n) is 1.84. The van der Waals surface area contributed by atoms with E-state index in [4.69, 9.17) is 9.47 Å². The van der Waals surface area contributed by atoms with Crippen LogP contribution in [0.15, 0.2) is 35.1 Å². The van der Waals surface area contributed by atoms with E-state index in [1.54, 1.807) is 14.2 Å². The highest BCUT2D eigenvalue weighted by atomic mass is 79.9. The molecule has 0 aliphatic heterocycles. The average molecular weight is 402 g/mol. The second kappa shape index (κ2) is 7.04. The first-order valence-electron chi connectivity index (χ1n) is 5.96. The third kappa shape index (κ3) is 3.70. The molecular weight excluding hydrogens is 388 g/mol. The van der Waals surface area contributed by atoms with Crippen molar-refractivity contribution in [1.82, 2.24) is 9.97 Å². The van der Waals surface area contributed by atoms with E-state index in [-0.39, 0.29) is 4.83 Å². The summed E-state index contributed by atoms with van der Waals surface area (Å²) in [6.07, 6.45) is 2.23. The molecule has 6 heteroatoms. The van der Waals surface area contributed by atoms with Crippen LogP contribution in [0.5, 0.6) is 11.6 Å². The average Bonchev–Trinajstić information content (AvgIpc) is 2.47. The number of hydrogen-bond acceptors (Lipinski definition) is 4. The molecule has 2 rings (SSSR count). The number of hydrogen-bond donors (Lipinski definition) is 0. The highest BCUT2D eigenvalue weighted by Gasteiger charge is 2.15. The zero-order valence-corrected chi connectivity index (χ0v) is 14.3. The second-order valence-corrected chi connectivity index (χ2v) is 6.13. The maximum Gasteiger partial charge on any atom is 0.216 e. The number of benzene rings is 1. The summed E-state index contributed by atoms with van der Waals surface area (Å²) in [5.41, 5.74) is 1.98. The summed E-state index contributed by atoms with van der Waals surface area (Å²) in [4.78, 5) is 8.36. The maximum absolute atomic E-state index is 5.41. The summed E-state index contributed by atoms with van der Waals surface area (Å²) in [5.74, 6) is 1.40. The molecule has 1 aromatic carbocycles. The number of halogens is 2. The van der Waals surface area contributed by atoms with Crippen molar-refractivity contribution < 1.29 is 9.47 Å². The normalized spacial score (nSPS) is 12.0. The van der Waals surface area contributed by atoms with Gasteiger partial charge in [-0.25, -0.2) is 9.97 Å². The summed E-state index contributed by atoms with van der Waals surface area (Å²) < 4.78 is 11.5. The predicted molar refractivity (Wildman–Crippen MR) is 84.7 cm³/mol. The van der Waals surface area contributed by atoms with Gasteiger partial charge in [0.15, 0.2) is 0 Å². The Morgan fingerprint density at radius 1 is 1.15 bits per heavy atom. The van der Waals surface area contributed by atoms with Crippen LogP contribution in [0.25, 0.3) is 0 Å². The van der Waals surface area contributed by atoms with Crippen molar-refractivity contribution >= 4 is 31.9 Å². The summed E-state index contributed by atoms with van der Waals surface area (Å²) >= 11 is 7.13. The molecule has 0 saturated heterocycles. The lowest BCUT2D eigenvalue weighted by Gasteiger charge is -2.14. The second-order valence-electron chi connectivity index (χ2n) is 4.11. The summed E-state index contributed by atoms with van der Waals surface area (Å²) in [7, 11) is 3.26. The van der Waals surface area contributed by atoms with Gasteiger partial charge in [0.25, 0.3) is 0 Å². The van der Waals surface area contributed by atoms with E-state index in [1.807, 2.05) is 24.3 Å². The van der Waals surface area contributed by atoms with Gasteiger partial charge in [0.05, 0.1) is 14.2 Å². The van der Waals surface area contributed by atoms with Gasteiger partial charge in [-0.2, -0.15) is 0 Å². The van der Waals surface area contributed by atoms with Crippen molar-refractivity contribution in [3.8, 4) is 11.6 Å². The number of nitrogens with zero attached hydrogens (tertiary/aromatic N) is 2. The van der Waals surface area contributed by atoms with Crippen LogP contribution in [-0.2, 0) is 6.42 Å². The van der Waals surface area contributed by atoms with Crippen molar-refractivity contribution in [1.29, 1.82) is 0 Å². The van der Waals surface area contributed by atoms with Crippen LogP contribution in [0.4, 0.5) is 0 Å². The van der Waals surface area contributed by atoms with Crippen LogP contribution in [-0.4, -0.2) is 24.2 Å². The van der Waals surface area contributed by atoms with Crippen molar-refractivity contribution in [3.05, 3.63) is 46.3 Å². The Morgan fingerprint density at radius 3 is 2.65 bits per heavy atom. The molecule has 0 N–H and O–H groups in total. The van der Waals surface area contributed by atoms with Gasteiger partial charge in [-0.05, 0) is 12.1 Å². The van der Waals surface area contributed by atoms with Gasteiger partial charge in [-0.15, -0.1) is 0 Å². The Balaban J connectivity index is 2.21. The number of alkyl halides is 1. The summed E-state index contributed by atoms with van der Waals surface area (Å²) in [6, 6.07) is 7.80. The fourth-order valence-corrected chi connectivity index (χ4v) is 2.89. The van der Waals surface area contributed by atoms with Crippen LogP contribution in [0.2, 0.25) is 0 Å². The molecule has 1 heterocycles. The van der Waals surface area contributed by atoms with Crippen LogP contribution in [0.3, 0.4) is 0 Å². The number of ether oxygens (including phenoxy) is 2. The van der Waals surface area contributed by atoms with E-state index >= 15 is 0 Å². The van der Waals surface area contributed by atoms with E-state index in [2.05, 4.69) is 41.8 Å². The molecule has 2 aromatic rings. The molecule has 0 amide bonds. The zero-order valence-electron chi connectivity index (χ0n) is 11.1. The van der Waals surface area contributed by atoms with Gasteiger partial charge in [0.1, 0.15) is 12.1 Å². The van der Waals surface area contributed by atoms with Crippen LogP contribution in [0.1, 0.15) is 16.1 Å². The first-order valence-corrected chi connectivity index (χ1v) is 7.67. The fraction of sp³-hybridized carbons (Fsp3) is 0.286. The molecule has 0 aliphatic rings. The Morgan fingerprint density at radius 2 is 1.95 bits per heavy atom. The molecular formula is C14H14Br2N2O2. The molecule has 0 saturated carbocycles. The van der Waals surface area contributed by atoms with E-state index in [1.165, 1.54) is 6.33 Å². The van der Waals surface area contributed by atoms with Gasteiger partial charge in [-0.1, -0.05) is 37.9 Å². The van der Waals surface area contributed by atoms with Gasteiger partial charge in [0.2, 0.25) is 5.88 Å². The monoisotopic (exact) mass is 400 g/mol. The van der Waals surface area contributed by atoms with Crippen molar-refractivity contribution in [2.24, 2.45) is 0 Å². The Bertz CT molecular complexity index is 593. The third-order valence-electron chi connectivity index (χ3n) is 2.83. The minimum absolute atomic E-state index is 0.102. The Hall–Kier alpha value is -1.14. The third-order valence-corrected chi connectivity index (χ3v) is 4.14. The molecule has 0 spiro atoms. The maximum atomic E-state index is 5.41. The van der Waals surface area contributed by atoms with Gasteiger partial charge < -0.3 is 9.47 Å². The standard InChI is InChI=1S/C14H14Br2N2O2/c1-19-13-5-9(15)3-4-11(13)12(16)6-10-7-14(20-2)18-8-17-10/h3-5,7-8,12H,6H2,1-2H3. The molecule has 106 valence electrons. The van der Waals surface area contributed by atoms with Gasteiger partial charge in [-0.3, -0.25) is 0 Å². The van der Waals surface area contributed by atoms with E-state index in [0.29, 0.717) is 5.88 Å². The first-order chi connectivity index (χ1) is 9.63. The van der Waals surface area contributed by atoms with Crippen molar-refractivity contribution in [2.75, 3.05) is 14.2 Å². The molecule has 1 aromatic heterocycles. The summed E-state index contributed by atoms with van der Waals surface area (Å²) in [5, 5.41) is 0. The van der Waals surface area contributed by atoms with Crippen LogP contribution in [0, 0.1) is 0 Å². The highest BCUT2D eigenvalue weighted by Crippen LogP contribution is 2.35. The topological polar surface area (TPSA) is 44.2 Å². The lowest BCUT2D eigenvalue weighted by Crippen LogP contribution is -2.01. The Labute approximate surface area is 134 Å². The molecule has 0 radical (unpaired) electrons. The SMILES string of the molecule is COc1cc(CC(Br)c2ccc(Br)cc2OC)ncn1. The van der Waals surface area contributed by atoms with E-state index in [0.717, 1.165) is 27.9 Å². The first kappa shape index (κ1) is 15.3. The minimum Gasteiger partial charge on any atom is -0.496 e. The largest absolute Gasteiger partial charge is 0.496 e.